The van der Waals surface area contributed by atoms with Gasteiger partial charge in [-0.05, 0) is 67.5 Å². The fourth-order valence-corrected chi connectivity index (χ4v) is 2.80. The topological polar surface area (TPSA) is 58.9 Å². The minimum Gasteiger partial charge on any atom is -0.497 e. The first kappa shape index (κ1) is 19.3. The molecule has 2 rings (SSSR count). The van der Waals surface area contributed by atoms with Crippen LogP contribution in [0.2, 0.25) is 0 Å². The van der Waals surface area contributed by atoms with Gasteiger partial charge in [-0.1, -0.05) is 24.3 Å². The molecule has 0 unspecified atom stereocenters. The molecule has 2 aromatic rings. The average Bonchev–Trinajstić information content (AvgIpc) is 2.65. The number of aliphatic hydroxyl groups is 2. The summed E-state index contributed by atoms with van der Waals surface area (Å²) in [5.41, 5.74) is 2.32. The minimum atomic E-state index is -0.493. The molecule has 0 spiro atoms. The molecule has 0 fully saturated rings. The third kappa shape index (κ3) is 6.77. The Bertz CT molecular complexity index is 551. The number of aliphatic hydroxyl groups excluding tert-OH is 2. The highest BCUT2D eigenvalue weighted by molar-refractivity contribution is 5.28. The van der Waals surface area contributed by atoms with Gasteiger partial charge in [-0.25, -0.2) is 0 Å². The van der Waals surface area contributed by atoms with Gasteiger partial charge in [-0.2, -0.15) is 0 Å². The lowest BCUT2D eigenvalue weighted by Gasteiger charge is -2.16. The summed E-state index contributed by atoms with van der Waals surface area (Å²) in [7, 11) is 3.29. The molecule has 2 atom stereocenters. The van der Waals surface area contributed by atoms with Crippen molar-refractivity contribution in [1.82, 2.24) is 0 Å². The smallest absolute Gasteiger partial charge is 0.118 e. The highest BCUT2D eigenvalue weighted by Gasteiger charge is 2.12. The van der Waals surface area contributed by atoms with Crippen LogP contribution in [0.1, 0.15) is 30.4 Å². The molecule has 0 aliphatic heterocycles. The predicted molar refractivity (Wildman–Crippen MR) is 99.3 cm³/mol. The Kier molecular flexibility index (Phi) is 7.76. The van der Waals surface area contributed by atoms with Crippen LogP contribution >= 0.6 is 0 Å². The van der Waals surface area contributed by atoms with Crippen molar-refractivity contribution in [2.45, 2.75) is 44.3 Å². The van der Waals surface area contributed by atoms with Crippen LogP contribution in [0.4, 0.5) is 0 Å². The SMILES string of the molecule is COc1ccc(CC[C@@H](O)C[C@H](O)CCc2ccc(OC)cc2)cc1. The first-order chi connectivity index (χ1) is 12.1. The number of hydrogen-bond acceptors (Lipinski definition) is 4. The largest absolute Gasteiger partial charge is 0.497 e. The Labute approximate surface area is 150 Å². The van der Waals surface area contributed by atoms with Crippen molar-refractivity contribution < 1.29 is 19.7 Å². The number of methoxy groups -OCH3 is 2. The van der Waals surface area contributed by atoms with Crippen molar-refractivity contribution in [3.8, 4) is 11.5 Å². The molecule has 136 valence electrons. The first-order valence-corrected chi connectivity index (χ1v) is 8.72. The second-order valence-corrected chi connectivity index (χ2v) is 6.32. The molecule has 2 N–H and O–H groups in total. The van der Waals surface area contributed by atoms with Gasteiger partial charge in [0.1, 0.15) is 11.5 Å². The standard InChI is InChI=1S/C21H28O4/c1-24-20-11-5-16(6-12-20)3-9-18(22)15-19(23)10-4-17-7-13-21(25-2)14-8-17/h5-8,11-14,18-19,22-23H,3-4,9-10,15H2,1-2H3/t18-,19-/m1/s1. The predicted octanol–water partition coefficient (Wildman–Crippen LogP) is 3.38. The van der Waals surface area contributed by atoms with Gasteiger partial charge >= 0.3 is 0 Å². The maximum atomic E-state index is 10.1. The van der Waals surface area contributed by atoms with Crippen LogP contribution < -0.4 is 9.47 Å². The van der Waals surface area contributed by atoms with Gasteiger partial charge in [0.15, 0.2) is 0 Å². The second-order valence-electron chi connectivity index (χ2n) is 6.32. The number of aryl methyl sites for hydroxylation is 2. The molecule has 0 saturated heterocycles. The van der Waals surface area contributed by atoms with Crippen LogP contribution in [0.15, 0.2) is 48.5 Å². The van der Waals surface area contributed by atoms with Gasteiger partial charge in [0.05, 0.1) is 26.4 Å². The van der Waals surface area contributed by atoms with Crippen molar-refractivity contribution in [3.63, 3.8) is 0 Å². The number of ether oxygens (including phenoxy) is 2. The molecular weight excluding hydrogens is 316 g/mol. The van der Waals surface area contributed by atoms with E-state index in [1.165, 1.54) is 0 Å². The highest BCUT2D eigenvalue weighted by atomic mass is 16.5. The van der Waals surface area contributed by atoms with E-state index >= 15 is 0 Å². The van der Waals surface area contributed by atoms with Gasteiger partial charge < -0.3 is 19.7 Å². The molecule has 4 nitrogen and oxygen atoms in total. The van der Waals surface area contributed by atoms with Crippen LogP contribution in [0.25, 0.3) is 0 Å². The fourth-order valence-electron chi connectivity index (χ4n) is 2.80. The summed E-state index contributed by atoms with van der Waals surface area (Å²) in [6.45, 7) is 0. The van der Waals surface area contributed by atoms with E-state index in [0.717, 1.165) is 35.5 Å². The van der Waals surface area contributed by atoms with Crippen LogP contribution in [0, 0.1) is 0 Å². The summed E-state index contributed by atoms with van der Waals surface area (Å²) in [5, 5.41) is 20.3. The molecule has 0 saturated carbocycles. The summed E-state index contributed by atoms with van der Waals surface area (Å²) in [6, 6.07) is 15.7. The quantitative estimate of drug-likeness (QED) is 0.694. The molecule has 0 aliphatic rings. The Hall–Kier alpha value is -2.04. The van der Waals surface area contributed by atoms with Crippen LogP contribution in [0.5, 0.6) is 11.5 Å². The highest BCUT2D eigenvalue weighted by Crippen LogP contribution is 2.17. The number of hydrogen-bond donors (Lipinski definition) is 2. The lowest BCUT2D eigenvalue weighted by molar-refractivity contribution is 0.0714. The van der Waals surface area contributed by atoms with Gasteiger partial charge in [0.25, 0.3) is 0 Å². The van der Waals surface area contributed by atoms with E-state index < -0.39 is 12.2 Å². The van der Waals surface area contributed by atoms with Crippen molar-refractivity contribution in [2.75, 3.05) is 14.2 Å². The zero-order chi connectivity index (χ0) is 18.1. The molecule has 0 aliphatic carbocycles. The normalized spacial score (nSPS) is 13.3. The Morgan fingerprint density at radius 3 is 1.36 bits per heavy atom. The van der Waals surface area contributed by atoms with Crippen molar-refractivity contribution in [2.24, 2.45) is 0 Å². The summed E-state index contributed by atoms with van der Waals surface area (Å²) in [5.74, 6) is 1.66. The Morgan fingerprint density at radius 2 is 1.04 bits per heavy atom. The third-order valence-corrected chi connectivity index (χ3v) is 4.39. The Morgan fingerprint density at radius 1 is 0.680 bits per heavy atom. The zero-order valence-electron chi connectivity index (χ0n) is 15.0. The second kappa shape index (κ2) is 10.1. The molecule has 2 aromatic carbocycles. The molecule has 0 aromatic heterocycles. The van der Waals surface area contributed by atoms with Gasteiger partial charge in [0, 0.05) is 0 Å². The van der Waals surface area contributed by atoms with E-state index in [9.17, 15) is 10.2 Å². The number of rotatable bonds is 10. The van der Waals surface area contributed by atoms with Gasteiger partial charge in [-0.15, -0.1) is 0 Å². The van der Waals surface area contributed by atoms with Crippen molar-refractivity contribution in [1.29, 1.82) is 0 Å². The lowest BCUT2D eigenvalue weighted by Crippen LogP contribution is -2.19. The average molecular weight is 344 g/mol. The van der Waals surface area contributed by atoms with E-state index in [1.54, 1.807) is 14.2 Å². The molecule has 0 radical (unpaired) electrons. The zero-order valence-corrected chi connectivity index (χ0v) is 15.0. The maximum Gasteiger partial charge on any atom is 0.118 e. The maximum absolute atomic E-state index is 10.1. The van der Waals surface area contributed by atoms with Crippen molar-refractivity contribution in [3.05, 3.63) is 59.7 Å². The Balaban J connectivity index is 1.68. The molecular formula is C21H28O4. The third-order valence-electron chi connectivity index (χ3n) is 4.39. The molecule has 0 bridgehead atoms. The van der Waals surface area contributed by atoms with E-state index in [-0.39, 0.29) is 0 Å². The molecule has 25 heavy (non-hydrogen) atoms. The summed E-state index contributed by atoms with van der Waals surface area (Å²) >= 11 is 0. The van der Waals surface area contributed by atoms with E-state index in [1.807, 2.05) is 48.5 Å². The van der Waals surface area contributed by atoms with E-state index in [0.29, 0.717) is 19.3 Å². The van der Waals surface area contributed by atoms with Crippen molar-refractivity contribution >= 4 is 0 Å². The summed E-state index contributed by atoms with van der Waals surface area (Å²) < 4.78 is 10.3. The minimum absolute atomic E-state index is 0.409. The van der Waals surface area contributed by atoms with Crippen LogP contribution in [-0.2, 0) is 12.8 Å². The fraction of sp³-hybridized carbons (Fsp3) is 0.429. The van der Waals surface area contributed by atoms with Crippen LogP contribution in [0.3, 0.4) is 0 Å². The van der Waals surface area contributed by atoms with E-state index in [4.69, 9.17) is 9.47 Å². The monoisotopic (exact) mass is 344 g/mol. The van der Waals surface area contributed by atoms with Gasteiger partial charge in [-0.3, -0.25) is 0 Å². The lowest BCUT2D eigenvalue weighted by atomic mass is 9.99. The number of benzene rings is 2. The summed E-state index contributed by atoms with van der Waals surface area (Å²) in [4.78, 5) is 0. The molecule has 0 heterocycles. The van der Waals surface area contributed by atoms with E-state index in [2.05, 4.69) is 0 Å². The first-order valence-electron chi connectivity index (χ1n) is 8.72. The van der Waals surface area contributed by atoms with Crippen LogP contribution in [-0.4, -0.2) is 36.6 Å². The summed E-state index contributed by atoms with van der Waals surface area (Å²) in [6.07, 6.45) is 2.29. The molecule has 4 heteroatoms. The molecule has 0 amide bonds. The van der Waals surface area contributed by atoms with Gasteiger partial charge in [0.2, 0.25) is 0 Å².